The number of nitrogen functional groups attached to an aromatic ring is 1. The molecule has 0 atom stereocenters. The van der Waals surface area contributed by atoms with Gasteiger partial charge in [-0.2, -0.15) is 0 Å². The van der Waals surface area contributed by atoms with Gasteiger partial charge in [0.05, 0.1) is 11.3 Å². The third-order valence-electron chi connectivity index (χ3n) is 3.74. The van der Waals surface area contributed by atoms with Crippen molar-refractivity contribution in [2.24, 2.45) is 0 Å². The van der Waals surface area contributed by atoms with E-state index in [-0.39, 0.29) is 16.7 Å². The van der Waals surface area contributed by atoms with E-state index >= 15 is 0 Å². The first kappa shape index (κ1) is 13.9. The van der Waals surface area contributed by atoms with Crippen LogP contribution >= 0.6 is 11.6 Å². The number of anilines is 2. The summed E-state index contributed by atoms with van der Waals surface area (Å²) >= 11 is 5.91. The molecule has 3 rings (SSSR count). The van der Waals surface area contributed by atoms with Crippen molar-refractivity contribution in [3.05, 3.63) is 45.5 Å². The van der Waals surface area contributed by atoms with E-state index in [1.54, 1.807) is 4.57 Å². The number of pyridine rings is 1. The summed E-state index contributed by atoms with van der Waals surface area (Å²) in [6.45, 7) is 1.42. The maximum atomic E-state index is 14.0. The first-order valence-corrected chi connectivity index (χ1v) is 7.06. The second kappa shape index (κ2) is 5.07. The van der Waals surface area contributed by atoms with Crippen molar-refractivity contribution < 1.29 is 4.39 Å². The van der Waals surface area contributed by atoms with Gasteiger partial charge in [-0.3, -0.25) is 9.36 Å². The summed E-state index contributed by atoms with van der Waals surface area (Å²) in [5, 5.41) is 0.379. The van der Waals surface area contributed by atoms with Crippen molar-refractivity contribution in [1.82, 2.24) is 4.57 Å². The number of halogens is 2. The molecule has 1 aliphatic heterocycles. The van der Waals surface area contributed by atoms with Crippen LogP contribution in [0.5, 0.6) is 0 Å². The van der Waals surface area contributed by atoms with Gasteiger partial charge in [-0.05, 0) is 30.7 Å². The van der Waals surface area contributed by atoms with Crippen molar-refractivity contribution >= 4 is 23.1 Å². The smallest absolute Gasteiger partial charge is 0.260 e. The lowest BCUT2D eigenvalue weighted by Gasteiger charge is -2.30. The van der Waals surface area contributed by atoms with E-state index in [1.165, 1.54) is 24.3 Å². The van der Waals surface area contributed by atoms with E-state index in [2.05, 4.69) is 0 Å². The summed E-state index contributed by atoms with van der Waals surface area (Å²) in [5.41, 5.74) is 6.72. The van der Waals surface area contributed by atoms with Crippen molar-refractivity contribution in [2.45, 2.75) is 13.0 Å². The van der Waals surface area contributed by atoms with Gasteiger partial charge in [0.15, 0.2) is 0 Å². The van der Waals surface area contributed by atoms with Gasteiger partial charge in [-0.15, -0.1) is 0 Å². The zero-order chi connectivity index (χ0) is 15.1. The number of aromatic nitrogens is 1. The van der Waals surface area contributed by atoms with Crippen LogP contribution in [0.25, 0.3) is 11.1 Å². The minimum atomic E-state index is -0.486. The fraction of sp³-hybridized carbons (Fsp3) is 0.267. The van der Waals surface area contributed by atoms with E-state index in [0.717, 1.165) is 13.0 Å². The molecule has 0 bridgehead atoms. The molecule has 0 saturated heterocycles. The maximum Gasteiger partial charge on any atom is 0.260 e. The Kier molecular flexibility index (Phi) is 3.37. The molecule has 1 aromatic heterocycles. The average molecular weight is 308 g/mol. The van der Waals surface area contributed by atoms with Crippen LogP contribution in [0.3, 0.4) is 0 Å². The molecule has 0 fully saturated rings. The van der Waals surface area contributed by atoms with Crippen molar-refractivity contribution in [1.29, 1.82) is 0 Å². The molecule has 110 valence electrons. The number of nitrogens with zero attached hydrogens (tertiary/aromatic N) is 2. The molecule has 2 N–H and O–H groups in total. The molecule has 6 heteroatoms. The second-order valence-corrected chi connectivity index (χ2v) is 5.63. The summed E-state index contributed by atoms with van der Waals surface area (Å²) in [6, 6.07) is 5.69. The first-order chi connectivity index (χ1) is 9.99. The van der Waals surface area contributed by atoms with Crippen molar-refractivity contribution in [3.8, 4) is 11.1 Å². The summed E-state index contributed by atoms with van der Waals surface area (Å²) in [5.74, 6) is 0.207. The fourth-order valence-corrected chi connectivity index (χ4v) is 2.95. The van der Waals surface area contributed by atoms with Crippen molar-refractivity contribution in [3.63, 3.8) is 0 Å². The average Bonchev–Trinajstić information content (AvgIpc) is 2.45. The number of hydrogen-bond acceptors (Lipinski definition) is 3. The predicted octanol–water partition coefficient (Wildman–Crippen LogP) is 2.73. The summed E-state index contributed by atoms with van der Waals surface area (Å²) in [4.78, 5) is 14.6. The Morgan fingerprint density at radius 3 is 2.76 bits per heavy atom. The van der Waals surface area contributed by atoms with Gasteiger partial charge in [0.1, 0.15) is 11.6 Å². The molecular weight excluding hydrogens is 293 g/mol. The van der Waals surface area contributed by atoms with Crippen LogP contribution in [0.15, 0.2) is 29.1 Å². The normalized spacial score (nSPS) is 14.1. The highest BCUT2D eigenvalue weighted by Gasteiger charge is 2.21. The Bertz CT molecular complexity index is 772. The molecule has 0 unspecified atom stereocenters. The van der Waals surface area contributed by atoms with E-state index < -0.39 is 5.82 Å². The van der Waals surface area contributed by atoms with Crippen LogP contribution in [0, 0.1) is 5.82 Å². The van der Waals surface area contributed by atoms with Gasteiger partial charge in [-0.25, -0.2) is 4.39 Å². The molecule has 0 spiro atoms. The Hall–Kier alpha value is -2.01. The van der Waals surface area contributed by atoms with E-state index in [1.807, 2.05) is 11.9 Å². The number of benzene rings is 1. The molecule has 0 radical (unpaired) electrons. The molecule has 2 heterocycles. The lowest BCUT2D eigenvalue weighted by Crippen LogP contribution is -2.36. The topological polar surface area (TPSA) is 51.3 Å². The SMILES string of the molecule is CN1CCCn2c1c(N)cc(-c1cc(Cl)ccc1F)c2=O. The fourth-order valence-electron chi connectivity index (χ4n) is 2.78. The lowest BCUT2D eigenvalue weighted by atomic mass is 10.1. The highest BCUT2D eigenvalue weighted by atomic mass is 35.5. The van der Waals surface area contributed by atoms with Crippen LogP contribution in [0.2, 0.25) is 5.02 Å². The van der Waals surface area contributed by atoms with Gasteiger partial charge in [0.2, 0.25) is 0 Å². The zero-order valence-electron chi connectivity index (χ0n) is 11.6. The highest BCUT2D eigenvalue weighted by Crippen LogP contribution is 2.30. The largest absolute Gasteiger partial charge is 0.396 e. The first-order valence-electron chi connectivity index (χ1n) is 6.69. The van der Waals surface area contributed by atoms with Gasteiger partial charge in [0.25, 0.3) is 5.56 Å². The summed E-state index contributed by atoms with van der Waals surface area (Å²) < 4.78 is 15.6. The third kappa shape index (κ3) is 2.27. The monoisotopic (exact) mass is 307 g/mol. The Morgan fingerprint density at radius 1 is 1.24 bits per heavy atom. The molecule has 0 amide bonds. The van der Waals surface area contributed by atoms with E-state index in [9.17, 15) is 9.18 Å². The Morgan fingerprint density at radius 2 is 2.00 bits per heavy atom. The number of fused-ring (bicyclic) bond motifs is 1. The van der Waals surface area contributed by atoms with Crippen LogP contribution in [-0.4, -0.2) is 18.2 Å². The zero-order valence-corrected chi connectivity index (χ0v) is 12.3. The van der Waals surface area contributed by atoms with Gasteiger partial charge < -0.3 is 10.6 Å². The highest BCUT2D eigenvalue weighted by molar-refractivity contribution is 6.30. The summed E-state index contributed by atoms with van der Waals surface area (Å²) in [7, 11) is 1.89. The van der Waals surface area contributed by atoms with E-state index in [4.69, 9.17) is 17.3 Å². The minimum Gasteiger partial charge on any atom is -0.396 e. The quantitative estimate of drug-likeness (QED) is 0.881. The minimum absolute atomic E-state index is 0.183. The van der Waals surface area contributed by atoms with Gasteiger partial charge in [-0.1, -0.05) is 11.6 Å². The van der Waals surface area contributed by atoms with Crippen LogP contribution < -0.4 is 16.2 Å². The van der Waals surface area contributed by atoms with Crippen LogP contribution in [-0.2, 0) is 6.54 Å². The molecule has 0 aliphatic carbocycles. The van der Waals surface area contributed by atoms with Crippen LogP contribution in [0.4, 0.5) is 15.9 Å². The molecular formula is C15H15ClFN3O. The molecule has 0 saturated carbocycles. The second-order valence-electron chi connectivity index (χ2n) is 5.19. The number of nitrogens with two attached hydrogens (primary N) is 1. The Labute approximate surface area is 126 Å². The van der Waals surface area contributed by atoms with E-state index in [0.29, 0.717) is 23.1 Å². The Balaban J connectivity index is 2.28. The molecule has 4 nitrogen and oxygen atoms in total. The van der Waals surface area contributed by atoms with Gasteiger partial charge >= 0.3 is 0 Å². The number of hydrogen-bond donors (Lipinski definition) is 1. The van der Waals surface area contributed by atoms with Gasteiger partial charge in [0, 0.05) is 30.7 Å². The van der Waals surface area contributed by atoms with Crippen LogP contribution in [0.1, 0.15) is 6.42 Å². The molecule has 1 aromatic carbocycles. The van der Waals surface area contributed by atoms with Crippen molar-refractivity contribution in [2.75, 3.05) is 24.2 Å². The molecule has 21 heavy (non-hydrogen) atoms. The third-order valence-corrected chi connectivity index (χ3v) is 3.98. The molecule has 2 aromatic rings. The summed E-state index contributed by atoms with van der Waals surface area (Å²) in [6.07, 6.45) is 0.852. The standard InChI is InChI=1S/C15H15ClFN3O/c1-19-5-2-6-20-14(19)13(18)8-11(15(20)21)10-7-9(16)3-4-12(10)17/h3-4,7-8H,2,5-6,18H2,1H3. The lowest BCUT2D eigenvalue weighted by molar-refractivity contribution is 0.567. The maximum absolute atomic E-state index is 14.0. The predicted molar refractivity (Wildman–Crippen MR) is 83.4 cm³/mol. The number of rotatable bonds is 1. The molecule has 1 aliphatic rings.